The molecule has 0 aromatic heterocycles. The summed E-state index contributed by atoms with van der Waals surface area (Å²) in [6.45, 7) is 1.88. The number of rotatable bonds is 11. The first-order valence-corrected chi connectivity index (χ1v) is 8.74. The number of aliphatic hydroxyl groups excluding tert-OH is 2. The minimum absolute atomic E-state index is 0.115. The average Bonchev–Trinajstić information content (AvgIpc) is 2.77. The smallest absolute Gasteiger partial charge is 0.303 e. The summed E-state index contributed by atoms with van der Waals surface area (Å²) in [6.07, 6.45) is 8.62. The highest BCUT2D eigenvalue weighted by Gasteiger charge is 2.39. The van der Waals surface area contributed by atoms with Crippen LogP contribution in [0, 0.1) is 11.8 Å². The molecule has 0 radical (unpaired) electrons. The van der Waals surface area contributed by atoms with E-state index in [-0.39, 0.29) is 30.5 Å². The summed E-state index contributed by atoms with van der Waals surface area (Å²) < 4.78 is 0. The van der Waals surface area contributed by atoms with Crippen molar-refractivity contribution in [3.63, 3.8) is 0 Å². The van der Waals surface area contributed by atoms with E-state index in [0.717, 1.165) is 32.1 Å². The quantitative estimate of drug-likeness (QED) is 0.401. The Morgan fingerprint density at radius 3 is 2.57 bits per heavy atom. The van der Waals surface area contributed by atoms with Crippen LogP contribution in [-0.4, -0.2) is 39.3 Å². The van der Waals surface area contributed by atoms with Crippen molar-refractivity contribution in [3.05, 3.63) is 12.2 Å². The Kier molecular flexibility index (Phi) is 9.10. The minimum atomic E-state index is -0.751. The van der Waals surface area contributed by atoms with E-state index in [1.54, 1.807) is 12.2 Å². The summed E-state index contributed by atoms with van der Waals surface area (Å²) in [5.74, 6) is -0.969. The van der Waals surface area contributed by atoms with Gasteiger partial charge in [-0.1, -0.05) is 44.8 Å². The summed E-state index contributed by atoms with van der Waals surface area (Å²) in [5, 5.41) is 28.2. The first kappa shape index (κ1) is 19.8. The van der Waals surface area contributed by atoms with Crippen LogP contribution in [0.25, 0.3) is 0 Å². The zero-order valence-electron chi connectivity index (χ0n) is 14.0. The van der Waals surface area contributed by atoms with Crippen molar-refractivity contribution >= 4 is 11.8 Å². The van der Waals surface area contributed by atoms with E-state index in [9.17, 15) is 19.8 Å². The van der Waals surface area contributed by atoms with Crippen LogP contribution in [0.15, 0.2) is 12.2 Å². The van der Waals surface area contributed by atoms with Crippen molar-refractivity contribution in [2.45, 2.75) is 76.9 Å². The zero-order valence-corrected chi connectivity index (χ0v) is 14.0. The molecule has 5 nitrogen and oxygen atoms in total. The topological polar surface area (TPSA) is 94.8 Å². The second-order valence-corrected chi connectivity index (χ2v) is 6.48. The van der Waals surface area contributed by atoms with E-state index in [1.165, 1.54) is 0 Å². The van der Waals surface area contributed by atoms with E-state index in [1.807, 2.05) is 6.92 Å². The number of aliphatic hydroxyl groups is 2. The molecule has 5 heteroatoms. The van der Waals surface area contributed by atoms with Crippen molar-refractivity contribution < 1.29 is 24.9 Å². The molecule has 23 heavy (non-hydrogen) atoms. The largest absolute Gasteiger partial charge is 0.481 e. The molecule has 4 atom stereocenters. The third-order valence-corrected chi connectivity index (χ3v) is 4.61. The van der Waals surface area contributed by atoms with Gasteiger partial charge in [-0.2, -0.15) is 0 Å². The highest BCUT2D eigenvalue weighted by atomic mass is 16.4. The lowest BCUT2D eigenvalue weighted by Crippen LogP contribution is -2.19. The normalized spacial score (nSPS) is 26.0. The number of Topliss-reactive ketones (excluding diaryl/α,β-unsaturated/α-hetero) is 1. The molecule has 0 spiro atoms. The lowest BCUT2D eigenvalue weighted by atomic mass is 9.88. The Hall–Kier alpha value is -1.20. The maximum atomic E-state index is 12.0. The lowest BCUT2D eigenvalue weighted by Gasteiger charge is -2.17. The van der Waals surface area contributed by atoms with Gasteiger partial charge in [-0.05, 0) is 19.3 Å². The number of carboxylic acids is 1. The van der Waals surface area contributed by atoms with E-state index in [2.05, 4.69) is 0 Å². The molecule has 1 rings (SSSR count). The molecular formula is C18H30O5. The number of hydrogen-bond donors (Lipinski definition) is 3. The molecule has 1 aliphatic rings. The van der Waals surface area contributed by atoms with Crippen molar-refractivity contribution in [1.29, 1.82) is 0 Å². The van der Waals surface area contributed by atoms with Gasteiger partial charge in [-0.3, -0.25) is 9.59 Å². The molecule has 0 heterocycles. The molecule has 1 fully saturated rings. The van der Waals surface area contributed by atoms with Gasteiger partial charge >= 0.3 is 5.97 Å². The molecule has 3 N–H and O–H groups in total. The molecule has 0 aromatic carbocycles. The molecular weight excluding hydrogens is 296 g/mol. The molecule has 0 aliphatic heterocycles. The Morgan fingerprint density at radius 1 is 1.26 bits per heavy atom. The van der Waals surface area contributed by atoms with Crippen LogP contribution in [-0.2, 0) is 9.59 Å². The average molecular weight is 326 g/mol. The van der Waals surface area contributed by atoms with E-state index in [4.69, 9.17) is 5.11 Å². The fourth-order valence-electron chi connectivity index (χ4n) is 3.16. The van der Waals surface area contributed by atoms with Crippen LogP contribution in [0.2, 0.25) is 0 Å². The summed E-state index contributed by atoms with van der Waals surface area (Å²) in [7, 11) is 0. The fourth-order valence-corrected chi connectivity index (χ4v) is 3.16. The Bertz CT molecular complexity index is 404. The summed E-state index contributed by atoms with van der Waals surface area (Å²) >= 11 is 0. The third kappa shape index (κ3) is 7.27. The summed E-state index contributed by atoms with van der Waals surface area (Å²) in [6, 6.07) is 0. The van der Waals surface area contributed by atoms with Crippen molar-refractivity contribution in [2.75, 3.05) is 0 Å². The third-order valence-electron chi connectivity index (χ3n) is 4.61. The van der Waals surface area contributed by atoms with E-state index in [0.29, 0.717) is 12.8 Å². The standard InChI is InChI=1S/C18H30O5/c1-2-13(19)10-11-15-14(16(20)12-17(15)21)8-6-4-3-5-7-9-18(22)23/h10-11,13-15,17,19,21H,2-9,12H2,1H3,(H,22,23)/t13?,14-,15-,17-/m0/s1. The van der Waals surface area contributed by atoms with Gasteiger partial charge in [0.2, 0.25) is 0 Å². The number of unbranched alkanes of at least 4 members (excludes halogenated alkanes) is 4. The summed E-state index contributed by atoms with van der Waals surface area (Å²) in [5.41, 5.74) is 0. The molecule has 0 amide bonds. The maximum absolute atomic E-state index is 12.0. The van der Waals surface area contributed by atoms with Crippen molar-refractivity contribution in [2.24, 2.45) is 11.8 Å². The van der Waals surface area contributed by atoms with Gasteiger partial charge in [0.25, 0.3) is 0 Å². The zero-order chi connectivity index (χ0) is 17.2. The number of carbonyl (C=O) groups excluding carboxylic acids is 1. The van der Waals surface area contributed by atoms with Crippen LogP contribution in [0.3, 0.4) is 0 Å². The number of carboxylic acid groups (broad SMARTS) is 1. The summed E-state index contributed by atoms with van der Waals surface area (Å²) in [4.78, 5) is 22.4. The lowest BCUT2D eigenvalue weighted by molar-refractivity contribution is -0.137. The van der Waals surface area contributed by atoms with E-state index >= 15 is 0 Å². The number of aliphatic carboxylic acids is 1. The number of hydrogen-bond acceptors (Lipinski definition) is 4. The maximum Gasteiger partial charge on any atom is 0.303 e. The molecule has 0 bridgehead atoms. The van der Waals surface area contributed by atoms with E-state index < -0.39 is 18.2 Å². The van der Waals surface area contributed by atoms with Crippen LogP contribution < -0.4 is 0 Å². The van der Waals surface area contributed by atoms with Crippen molar-refractivity contribution in [1.82, 2.24) is 0 Å². The molecule has 1 unspecified atom stereocenters. The van der Waals surface area contributed by atoms with Crippen molar-refractivity contribution in [3.8, 4) is 0 Å². The van der Waals surface area contributed by atoms with Gasteiger partial charge in [0, 0.05) is 24.7 Å². The Balaban J connectivity index is 2.33. The predicted molar refractivity (Wildman–Crippen MR) is 88.0 cm³/mol. The predicted octanol–water partition coefficient (Wildman–Crippen LogP) is 2.69. The second kappa shape index (κ2) is 10.6. The Morgan fingerprint density at radius 2 is 1.91 bits per heavy atom. The van der Waals surface area contributed by atoms with Crippen LogP contribution in [0.1, 0.15) is 64.7 Å². The SMILES string of the molecule is CCC(O)C=C[C@H]1[C@H](CCCCCCCC(=O)O)C(=O)C[C@@H]1O. The molecule has 1 saturated carbocycles. The monoisotopic (exact) mass is 326 g/mol. The minimum Gasteiger partial charge on any atom is -0.481 e. The first-order valence-electron chi connectivity index (χ1n) is 8.74. The van der Waals surface area contributed by atoms with Crippen LogP contribution >= 0.6 is 0 Å². The molecule has 0 saturated heterocycles. The molecule has 0 aromatic rings. The molecule has 1 aliphatic carbocycles. The van der Waals surface area contributed by atoms with Crippen LogP contribution in [0.5, 0.6) is 0 Å². The number of carbonyl (C=O) groups is 2. The Labute approximate surface area is 138 Å². The van der Waals surface area contributed by atoms with Gasteiger partial charge in [0.05, 0.1) is 12.2 Å². The first-order chi connectivity index (χ1) is 11.0. The fraction of sp³-hybridized carbons (Fsp3) is 0.778. The highest BCUT2D eigenvalue weighted by molar-refractivity contribution is 5.84. The highest BCUT2D eigenvalue weighted by Crippen LogP contribution is 2.34. The van der Waals surface area contributed by atoms with Gasteiger partial charge in [0.1, 0.15) is 5.78 Å². The van der Waals surface area contributed by atoms with Crippen LogP contribution in [0.4, 0.5) is 0 Å². The van der Waals surface area contributed by atoms with Gasteiger partial charge in [-0.15, -0.1) is 0 Å². The van der Waals surface area contributed by atoms with Gasteiger partial charge < -0.3 is 15.3 Å². The molecule has 132 valence electrons. The van der Waals surface area contributed by atoms with Gasteiger partial charge in [-0.25, -0.2) is 0 Å². The number of ketones is 1. The van der Waals surface area contributed by atoms with Gasteiger partial charge in [0.15, 0.2) is 0 Å². The second-order valence-electron chi connectivity index (χ2n) is 6.48.